The summed E-state index contributed by atoms with van der Waals surface area (Å²) >= 11 is 0. The lowest BCUT2D eigenvalue weighted by Gasteiger charge is -1.97. The molecule has 14 heavy (non-hydrogen) atoms. The Morgan fingerprint density at radius 3 is 3.07 bits per heavy atom. The molecule has 0 amide bonds. The summed E-state index contributed by atoms with van der Waals surface area (Å²) in [6.07, 6.45) is 3.32. The van der Waals surface area contributed by atoms with Crippen LogP contribution in [0.15, 0.2) is 41.9 Å². The summed E-state index contributed by atoms with van der Waals surface area (Å²) in [6, 6.07) is 7.30. The second-order valence-electron chi connectivity index (χ2n) is 2.71. The molecule has 1 heterocycles. The van der Waals surface area contributed by atoms with Crippen LogP contribution in [0.3, 0.4) is 0 Å². The van der Waals surface area contributed by atoms with Crippen molar-refractivity contribution in [1.82, 2.24) is 9.97 Å². The van der Waals surface area contributed by atoms with E-state index in [0.29, 0.717) is 5.69 Å². The minimum Gasteiger partial charge on any atom is -0.345 e. The first kappa shape index (κ1) is 8.34. The van der Waals surface area contributed by atoms with Crippen LogP contribution in [0, 0.1) is 0 Å². The molecule has 0 aliphatic carbocycles. The highest BCUT2D eigenvalue weighted by Gasteiger charge is 1.98. The third kappa shape index (κ3) is 1.57. The SMILES string of the molecule is [N-]=[N+]=Nc1cccc(-c2cnc[nH]2)c1. The number of nitrogens with zero attached hydrogens (tertiary/aromatic N) is 4. The van der Waals surface area contributed by atoms with Crippen LogP contribution >= 0.6 is 0 Å². The zero-order valence-electron chi connectivity index (χ0n) is 7.25. The van der Waals surface area contributed by atoms with Gasteiger partial charge in [-0.05, 0) is 17.2 Å². The predicted octanol–water partition coefficient (Wildman–Crippen LogP) is 3.02. The Bertz CT molecular complexity index is 468. The van der Waals surface area contributed by atoms with Gasteiger partial charge in [0.2, 0.25) is 0 Å². The summed E-state index contributed by atoms with van der Waals surface area (Å²) in [5, 5.41) is 3.52. The normalized spacial score (nSPS) is 9.43. The Balaban J connectivity index is 2.45. The summed E-state index contributed by atoms with van der Waals surface area (Å²) in [7, 11) is 0. The van der Waals surface area contributed by atoms with Gasteiger partial charge >= 0.3 is 0 Å². The largest absolute Gasteiger partial charge is 0.345 e. The Morgan fingerprint density at radius 1 is 1.43 bits per heavy atom. The Hall–Kier alpha value is -2.26. The fourth-order valence-electron chi connectivity index (χ4n) is 1.20. The molecule has 68 valence electrons. The Labute approximate surface area is 80.1 Å². The van der Waals surface area contributed by atoms with Crippen LogP contribution in [0.5, 0.6) is 0 Å². The molecule has 5 nitrogen and oxygen atoms in total. The van der Waals surface area contributed by atoms with E-state index < -0.39 is 0 Å². The highest BCUT2D eigenvalue weighted by Crippen LogP contribution is 2.21. The van der Waals surface area contributed by atoms with Gasteiger partial charge in [0, 0.05) is 10.6 Å². The van der Waals surface area contributed by atoms with Crippen molar-refractivity contribution in [1.29, 1.82) is 0 Å². The van der Waals surface area contributed by atoms with Crippen LogP contribution in [0.4, 0.5) is 5.69 Å². The lowest BCUT2D eigenvalue weighted by Crippen LogP contribution is -1.75. The van der Waals surface area contributed by atoms with Gasteiger partial charge in [-0.25, -0.2) is 4.98 Å². The van der Waals surface area contributed by atoms with E-state index in [0.717, 1.165) is 11.3 Å². The molecule has 0 bridgehead atoms. The lowest BCUT2D eigenvalue weighted by atomic mass is 10.1. The molecule has 0 atom stereocenters. The number of benzene rings is 1. The van der Waals surface area contributed by atoms with E-state index >= 15 is 0 Å². The molecule has 1 aromatic carbocycles. The Morgan fingerprint density at radius 2 is 2.36 bits per heavy atom. The van der Waals surface area contributed by atoms with E-state index in [4.69, 9.17) is 5.53 Å². The van der Waals surface area contributed by atoms with Gasteiger partial charge in [-0.1, -0.05) is 23.3 Å². The quantitative estimate of drug-likeness (QED) is 0.435. The molecular formula is C9H7N5. The predicted molar refractivity (Wildman–Crippen MR) is 52.8 cm³/mol. The van der Waals surface area contributed by atoms with E-state index in [-0.39, 0.29) is 0 Å². The minimum atomic E-state index is 0.597. The van der Waals surface area contributed by atoms with Crippen molar-refractivity contribution >= 4 is 5.69 Å². The van der Waals surface area contributed by atoms with Crippen LogP contribution in [0.25, 0.3) is 21.7 Å². The van der Waals surface area contributed by atoms with E-state index in [1.165, 1.54) is 0 Å². The first-order valence-corrected chi connectivity index (χ1v) is 4.04. The van der Waals surface area contributed by atoms with Crippen molar-refractivity contribution in [3.05, 3.63) is 47.2 Å². The summed E-state index contributed by atoms with van der Waals surface area (Å²) in [6.45, 7) is 0. The van der Waals surface area contributed by atoms with Crippen molar-refractivity contribution in [2.24, 2.45) is 5.11 Å². The highest BCUT2D eigenvalue weighted by molar-refractivity contribution is 5.62. The van der Waals surface area contributed by atoms with Gasteiger partial charge in [0.05, 0.1) is 18.2 Å². The molecule has 2 rings (SSSR count). The highest BCUT2D eigenvalue weighted by atomic mass is 15.1. The number of azide groups is 1. The van der Waals surface area contributed by atoms with Crippen molar-refractivity contribution < 1.29 is 0 Å². The van der Waals surface area contributed by atoms with E-state index in [2.05, 4.69) is 20.0 Å². The fourth-order valence-corrected chi connectivity index (χ4v) is 1.20. The van der Waals surface area contributed by atoms with Gasteiger partial charge in [0.15, 0.2) is 0 Å². The first-order chi connectivity index (χ1) is 6.90. The first-order valence-electron chi connectivity index (χ1n) is 4.04. The molecule has 5 heteroatoms. The zero-order valence-corrected chi connectivity index (χ0v) is 7.25. The van der Waals surface area contributed by atoms with Crippen LogP contribution in [0.1, 0.15) is 0 Å². The Kier molecular flexibility index (Phi) is 2.17. The number of hydrogen-bond donors (Lipinski definition) is 1. The second-order valence-corrected chi connectivity index (χ2v) is 2.71. The molecule has 1 aromatic heterocycles. The summed E-state index contributed by atoms with van der Waals surface area (Å²) < 4.78 is 0. The van der Waals surface area contributed by atoms with Crippen LogP contribution in [-0.2, 0) is 0 Å². The molecular weight excluding hydrogens is 178 g/mol. The zero-order chi connectivity index (χ0) is 9.80. The van der Waals surface area contributed by atoms with Crippen molar-refractivity contribution in [2.75, 3.05) is 0 Å². The average molecular weight is 185 g/mol. The summed E-state index contributed by atoms with van der Waals surface area (Å²) in [5.41, 5.74) is 10.7. The van der Waals surface area contributed by atoms with Crippen molar-refractivity contribution in [3.8, 4) is 11.3 Å². The number of nitrogens with one attached hydrogen (secondary N) is 1. The van der Waals surface area contributed by atoms with Gasteiger partial charge in [-0.15, -0.1) is 0 Å². The molecule has 0 aliphatic rings. The maximum atomic E-state index is 8.28. The fraction of sp³-hybridized carbons (Fsp3) is 0. The van der Waals surface area contributed by atoms with E-state index in [1.807, 2.05) is 12.1 Å². The number of hydrogen-bond acceptors (Lipinski definition) is 2. The molecule has 0 radical (unpaired) electrons. The van der Waals surface area contributed by atoms with E-state index in [9.17, 15) is 0 Å². The van der Waals surface area contributed by atoms with Crippen LogP contribution in [0.2, 0.25) is 0 Å². The van der Waals surface area contributed by atoms with Gasteiger partial charge in [-0.2, -0.15) is 0 Å². The van der Waals surface area contributed by atoms with Gasteiger partial charge in [-0.3, -0.25) is 0 Å². The number of aromatic nitrogens is 2. The van der Waals surface area contributed by atoms with Gasteiger partial charge in [0.1, 0.15) is 0 Å². The second kappa shape index (κ2) is 3.64. The van der Waals surface area contributed by atoms with Crippen LogP contribution in [-0.4, -0.2) is 9.97 Å². The topological polar surface area (TPSA) is 77.4 Å². The summed E-state index contributed by atoms with van der Waals surface area (Å²) in [4.78, 5) is 9.62. The standard InChI is InChI=1S/C9H7N5/c10-14-13-8-3-1-2-7(4-8)9-5-11-6-12-9/h1-6H,(H,11,12). The molecule has 0 saturated carbocycles. The van der Waals surface area contributed by atoms with Crippen molar-refractivity contribution in [2.45, 2.75) is 0 Å². The average Bonchev–Trinajstić information content (AvgIpc) is 2.71. The molecule has 0 aliphatic heterocycles. The van der Waals surface area contributed by atoms with Crippen molar-refractivity contribution in [3.63, 3.8) is 0 Å². The third-order valence-electron chi connectivity index (χ3n) is 1.82. The third-order valence-corrected chi connectivity index (χ3v) is 1.82. The molecule has 2 aromatic rings. The minimum absolute atomic E-state index is 0.597. The number of aromatic amines is 1. The molecule has 0 fully saturated rings. The number of H-pyrrole nitrogens is 1. The van der Waals surface area contributed by atoms with Gasteiger partial charge < -0.3 is 4.98 Å². The number of imidazole rings is 1. The molecule has 1 N–H and O–H groups in total. The summed E-state index contributed by atoms with van der Waals surface area (Å²) in [5.74, 6) is 0. The number of rotatable bonds is 2. The van der Waals surface area contributed by atoms with Crippen LogP contribution < -0.4 is 0 Å². The lowest BCUT2D eigenvalue weighted by molar-refractivity contribution is 1.31. The monoisotopic (exact) mass is 185 g/mol. The molecule has 0 unspecified atom stereocenters. The smallest absolute Gasteiger partial charge is 0.0924 e. The van der Waals surface area contributed by atoms with Gasteiger partial charge in [0.25, 0.3) is 0 Å². The maximum absolute atomic E-state index is 8.28. The molecule has 0 saturated heterocycles. The maximum Gasteiger partial charge on any atom is 0.0924 e. The molecule has 0 spiro atoms. The van der Waals surface area contributed by atoms with E-state index in [1.54, 1.807) is 24.7 Å².